The number of nitrogens with one attached hydrogen (secondary N) is 1. The van der Waals surface area contributed by atoms with Crippen LogP contribution in [0.25, 0.3) is 0 Å². The Kier molecular flexibility index (Phi) is 4.17. The molecular weight excluding hydrogens is 252 g/mol. The third kappa shape index (κ3) is 3.48. The minimum absolute atomic E-state index is 0.0459. The van der Waals surface area contributed by atoms with Gasteiger partial charge in [-0.15, -0.1) is 0 Å². The molecule has 0 atom stereocenters. The second-order valence-corrected chi connectivity index (χ2v) is 5.50. The molecule has 94 valence electrons. The van der Waals surface area contributed by atoms with Crippen molar-refractivity contribution in [3.63, 3.8) is 0 Å². The van der Waals surface area contributed by atoms with E-state index in [9.17, 15) is 22.0 Å². The molecule has 1 rings (SSSR count). The van der Waals surface area contributed by atoms with Crippen LogP contribution in [0.5, 0.6) is 0 Å². The standard InChI is InChI=1S/C10H11F2NO3S/c1-2-17(15,16)8-5-3-7(4-6-8)13-10(14)9(11)12/h3-6,9H,2H2,1H3,(H,13,14). The van der Waals surface area contributed by atoms with Crippen LogP contribution in [0.2, 0.25) is 0 Å². The number of halogens is 2. The second-order valence-electron chi connectivity index (χ2n) is 3.22. The van der Waals surface area contributed by atoms with Gasteiger partial charge in [-0.25, -0.2) is 8.42 Å². The van der Waals surface area contributed by atoms with Gasteiger partial charge in [0.05, 0.1) is 10.6 Å². The number of amides is 1. The zero-order valence-electron chi connectivity index (χ0n) is 8.98. The SMILES string of the molecule is CCS(=O)(=O)c1ccc(NC(=O)C(F)F)cc1. The van der Waals surface area contributed by atoms with Crippen molar-refractivity contribution in [2.75, 3.05) is 11.1 Å². The molecule has 4 nitrogen and oxygen atoms in total. The van der Waals surface area contributed by atoms with Gasteiger partial charge in [0.25, 0.3) is 5.91 Å². The van der Waals surface area contributed by atoms with E-state index in [1.54, 1.807) is 0 Å². The molecule has 1 N–H and O–H groups in total. The number of alkyl halides is 2. The smallest absolute Gasteiger partial charge is 0.315 e. The minimum atomic E-state index is -3.32. The molecule has 0 aliphatic heterocycles. The molecule has 0 spiro atoms. The van der Waals surface area contributed by atoms with Gasteiger partial charge in [0.15, 0.2) is 9.84 Å². The maximum Gasteiger partial charge on any atom is 0.315 e. The van der Waals surface area contributed by atoms with Crippen molar-refractivity contribution >= 4 is 21.4 Å². The van der Waals surface area contributed by atoms with Gasteiger partial charge in [0.2, 0.25) is 0 Å². The molecule has 1 amide bonds. The molecule has 0 saturated carbocycles. The number of carbonyl (C=O) groups is 1. The van der Waals surface area contributed by atoms with E-state index in [4.69, 9.17) is 0 Å². The summed E-state index contributed by atoms with van der Waals surface area (Å²) in [5.74, 6) is -1.47. The predicted octanol–water partition coefficient (Wildman–Crippen LogP) is 1.68. The first-order valence-corrected chi connectivity index (χ1v) is 6.44. The Morgan fingerprint density at radius 2 is 1.82 bits per heavy atom. The Morgan fingerprint density at radius 3 is 2.24 bits per heavy atom. The molecule has 0 bridgehead atoms. The second kappa shape index (κ2) is 5.22. The third-order valence-corrected chi connectivity index (χ3v) is 3.81. The number of hydrogen-bond donors (Lipinski definition) is 1. The summed E-state index contributed by atoms with van der Waals surface area (Å²) in [6.07, 6.45) is -3.10. The number of rotatable bonds is 4. The van der Waals surface area contributed by atoms with Crippen LogP contribution in [0.1, 0.15) is 6.92 Å². The molecule has 1 aromatic carbocycles. The Bertz CT molecular complexity index is 497. The molecule has 0 aromatic heterocycles. The number of anilines is 1. The highest BCUT2D eigenvalue weighted by atomic mass is 32.2. The fraction of sp³-hybridized carbons (Fsp3) is 0.300. The predicted molar refractivity (Wildman–Crippen MR) is 58.8 cm³/mol. The summed E-state index contributed by atoms with van der Waals surface area (Å²) in [4.78, 5) is 10.8. The maximum atomic E-state index is 11.9. The maximum absolute atomic E-state index is 11.9. The van der Waals surface area contributed by atoms with Crippen LogP contribution in [-0.2, 0) is 14.6 Å². The summed E-state index contributed by atoms with van der Waals surface area (Å²) < 4.78 is 46.7. The zero-order chi connectivity index (χ0) is 13.1. The van der Waals surface area contributed by atoms with Crippen molar-refractivity contribution < 1.29 is 22.0 Å². The van der Waals surface area contributed by atoms with Gasteiger partial charge in [-0.05, 0) is 24.3 Å². The van der Waals surface area contributed by atoms with Gasteiger partial charge in [-0.3, -0.25) is 4.79 Å². The molecule has 0 radical (unpaired) electrons. The van der Waals surface area contributed by atoms with E-state index < -0.39 is 22.2 Å². The first-order chi connectivity index (χ1) is 7.86. The molecule has 0 aliphatic rings. The highest BCUT2D eigenvalue weighted by Crippen LogP contribution is 2.15. The molecule has 0 heterocycles. The summed E-state index contributed by atoms with van der Waals surface area (Å²) >= 11 is 0. The topological polar surface area (TPSA) is 63.2 Å². The summed E-state index contributed by atoms with van der Waals surface area (Å²) in [5, 5.41) is 1.95. The largest absolute Gasteiger partial charge is 0.321 e. The van der Waals surface area contributed by atoms with E-state index in [2.05, 4.69) is 0 Å². The Labute approximate surface area is 97.6 Å². The first kappa shape index (κ1) is 13.6. The van der Waals surface area contributed by atoms with Gasteiger partial charge >= 0.3 is 6.43 Å². The zero-order valence-corrected chi connectivity index (χ0v) is 9.80. The lowest BCUT2D eigenvalue weighted by Crippen LogP contribution is -2.20. The summed E-state index contributed by atoms with van der Waals surface area (Å²) in [6.45, 7) is 1.50. The van der Waals surface area contributed by atoms with Crippen molar-refractivity contribution in [1.29, 1.82) is 0 Å². The summed E-state index contributed by atoms with van der Waals surface area (Å²) in [5.41, 5.74) is 0.130. The van der Waals surface area contributed by atoms with Crippen molar-refractivity contribution in [2.45, 2.75) is 18.2 Å². The van der Waals surface area contributed by atoms with Crippen LogP contribution in [-0.4, -0.2) is 26.5 Å². The van der Waals surface area contributed by atoms with Crippen molar-refractivity contribution in [3.05, 3.63) is 24.3 Å². The highest BCUT2D eigenvalue weighted by Gasteiger charge is 2.15. The van der Waals surface area contributed by atoms with E-state index in [1.165, 1.54) is 31.2 Å². The number of sulfone groups is 1. The fourth-order valence-corrected chi connectivity index (χ4v) is 1.99. The number of benzene rings is 1. The summed E-state index contributed by atoms with van der Waals surface area (Å²) in [7, 11) is -3.32. The van der Waals surface area contributed by atoms with E-state index in [1.807, 2.05) is 5.32 Å². The average molecular weight is 263 g/mol. The number of hydrogen-bond acceptors (Lipinski definition) is 3. The minimum Gasteiger partial charge on any atom is -0.321 e. The number of carbonyl (C=O) groups excluding carboxylic acids is 1. The van der Waals surface area contributed by atoms with Crippen LogP contribution in [0.15, 0.2) is 29.2 Å². The van der Waals surface area contributed by atoms with E-state index in [0.717, 1.165) is 0 Å². The molecular formula is C10H11F2NO3S. The van der Waals surface area contributed by atoms with Gasteiger partial charge in [-0.2, -0.15) is 8.78 Å². The van der Waals surface area contributed by atoms with E-state index >= 15 is 0 Å². The van der Waals surface area contributed by atoms with Crippen molar-refractivity contribution in [2.24, 2.45) is 0 Å². The Hall–Kier alpha value is -1.50. The van der Waals surface area contributed by atoms with Crippen LogP contribution in [0.4, 0.5) is 14.5 Å². The first-order valence-electron chi connectivity index (χ1n) is 4.78. The van der Waals surface area contributed by atoms with Gasteiger partial charge in [-0.1, -0.05) is 6.92 Å². The third-order valence-electron chi connectivity index (χ3n) is 2.06. The van der Waals surface area contributed by atoms with Crippen LogP contribution in [0, 0.1) is 0 Å². The van der Waals surface area contributed by atoms with Crippen LogP contribution < -0.4 is 5.32 Å². The van der Waals surface area contributed by atoms with Gasteiger partial charge in [0, 0.05) is 5.69 Å². The molecule has 0 fully saturated rings. The quantitative estimate of drug-likeness (QED) is 0.899. The molecule has 0 unspecified atom stereocenters. The molecule has 0 saturated heterocycles. The molecule has 17 heavy (non-hydrogen) atoms. The molecule has 0 aliphatic carbocycles. The molecule has 1 aromatic rings. The fourth-order valence-electron chi connectivity index (χ4n) is 1.11. The lowest BCUT2D eigenvalue weighted by atomic mass is 10.3. The van der Waals surface area contributed by atoms with Crippen molar-refractivity contribution in [1.82, 2.24) is 0 Å². The van der Waals surface area contributed by atoms with E-state index in [-0.39, 0.29) is 16.3 Å². The van der Waals surface area contributed by atoms with E-state index in [0.29, 0.717) is 0 Å². The lowest BCUT2D eigenvalue weighted by molar-refractivity contribution is -0.126. The normalized spacial score (nSPS) is 11.5. The Balaban J connectivity index is 2.86. The molecule has 7 heteroatoms. The van der Waals surface area contributed by atoms with Gasteiger partial charge in [0.1, 0.15) is 0 Å². The average Bonchev–Trinajstić information content (AvgIpc) is 2.29. The van der Waals surface area contributed by atoms with Crippen molar-refractivity contribution in [3.8, 4) is 0 Å². The highest BCUT2D eigenvalue weighted by molar-refractivity contribution is 7.91. The lowest BCUT2D eigenvalue weighted by Gasteiger charge is -2.05. The van der Waals surface area contributed by atoms with Gasteiger partial charge < -0.3 is 5.32 Å². The Morgan fingerprint density at radius 1 is 1.29 bits per heavy atom. The van der Waals surface area contributed by atoms with Crippen LogP contribution >= 0.6 is 0 Å². The summed E-state index contributed by atoms with van der Waals surface area (Å²) in [6, 6.07) is 5.06. The monoisotopic (exact) mass is 263 g/mol. The van der Waals surface area contributed by atoms with Crippen LogP contribution in [0.3, 0.4) is 0 Å².